The molecule has 2 aliphatic heterocycles. The fourth-order valence-electron chi connectivity index (χ4n) is 3.33. The Morgan fingerprint density at radius 2 is 2.11 bits per heavy atom. The summed E-state index contributed by atoms with van der Waals surface area (Å²) < 4.78 is 1.60. The van der Waals surface area contributed by atoms with Crippen LogP contribution in [0, 0.1) is 5.92 Å². The van der Waals surface area contributed by atoms with Gasteiger partial charge in [0.2, 0.25) is 0 Å². The summed E-state index contributed by atoms with van der Waals surface area (Å²) in [6.45, 7) is 3.08. The van der Waals surface area contributed by atoms with Crippen LogP contribution < -0.4 is 15.8 Å². The number of nitrogens with zero attached hydrogens (tertiary/aromatic N) is 3. The Morgan fingerprint density at radius 3 is 2.79 bits per heavy atom. The van der Waals surface area contributed by atoms with Gasteiger partial charge in [-0.05, 0) is 38.1 Å². The summed E-state index contributed by atoms with van der Waals surface area (Å²) >= 11 is 0. The van der Waals surface area contributed by atoms with Crippen molar-refractivity contribution in [1.82, 2.24) is 14.9 Å². The number of piperidine rings is 1. The Bertz CT molecular complexity index is 484. The summed E-state index contributed by atoms with van der Waals surface area (Å²) in [7, 11) is 1.78. The number of hydrogen-bond acceptors (Lipinski definition) is 4. The molecule has 0 bridgehead atoms. The Kier molecular flexibility index (Phi) is 3.55. The van der Waals surface area contributed by atoms with Gasteiger partial charge in [-0.1, -0.05) is 0 Å². The lowest BCUT2D eigenvalue weighted by Crippen LogP contribution is -2.43. The average Bonchev–Trinajstić information content (AvgIpc) is 2.96. The van der Waals surface area contributed by atoms with Crippen LogP contribution in [-0.4, -0.2) is 35.2 Å². The van der Waals surface area contributed by atoms with Crippen molar-refractivity contribution in [3.05, 3.63) is 22.7 Å². The largest absolute Gasteiger partial charge is 0.352 e. The zero-order chi connectivity index (χ0) is 13.2. The SMILES string of the molecule is Cn1ccnc(N2CCC(C3CCCN3)CC2)c1=O. The Hall–Kier alpha value is -1.36. The number of aryl methyl sites for hydroxylation is 1. The second-order valence-electron chi connectivity index (χ2n) is 5.69. The van der Waals surface area contributed by atoms with E-state index in [2.05, 4.69) is 15.2 Å². The van der Waals surface area contributed by atoms with Gasteiger partial charge in [0.05, 0.1) is 0 Å². The first-order valence-electron chi connectivity index (χ1n) is 7.25. The van der Waals surface area contributed by atoms with E-state index in [-0.39, 0.29) is 5.56 Å². The standard InChI is InChI=1S/C14H22N4O/c1-17-10-7-16-13(14(17)19)18-8-4-11(5-9-18)12-3-2-6-15-12/h7,10-12,15H,2-6,8-9H2,1H3. The monoisotopic (exact) mass is 262 g/mol. The molecule has 0 spiro atoms. The summed E-state index contributed by atoms with van der Waals surface area (Å²) in [6, 6.07) is 0.703. The third-order valence-corrected chi connectivity index (χ3v) is 4.51. The number of aromatic nitrogens is 2. The average molecular weight is 262 g/mol. The molecular weight excluding hydrogens is 240 g/mol. The zero-order valence-electron chi connectivity index (χ0n) is 11.5. The van der Waals surface area contributed by atoms with Crippen LogP contribution in [0.5, 0.6) is 0 Å². The number of hydrogen-bond donors (Lipinski definition) is 1. The third kappa shape index (κ3) is 2.52. The van der Waals surface area contributed by atoms with E-state index in [0.29, 0.717) is 11.9 Å². The minimum Gasteiger partial charge on any atom is -0.352 e. The summed E-state index contributed by atoms with van der Waals surface area (Å²) in [6.07, 6.45) is 8.37. The molecule has 0 radical (unpaired) electrons. The Morgan fingerprint density at radius 1 is 1.32 bits per heavy atom. The molecule has 3 rings (SSSR count). The quantitative estimate of drug-likeness (QED) is 0.854. The van der Waals surface area contributed by atoms with Crippen molar-refractivity contribution in [2.75, 3.05) is 24.5 Å². The summed E-state index contributed by atoms with van der Waals surface area (Å²) in [5, 5.41) is 3.60. The smallest absolute Gasteiger partial charge is 0.293 e. The first-order valence-corrected chi connectivity index (χ1v) is 7.25. The van der Waals surface area contributed by atoms with E-state index in [1.54, 1.807) is 24.0 Å². The highest BCUT2D eigenvalue weighted by molar-refractivity contribution is 5.36. The molecule has 1 N–H and O–H groups in total. The summed E-state index contributed by atoms with van der Waals surface area (Å²) in [5.74, 6) is 1.38. The van der Waals surface area contributed by atoms with Crippen molar-refractivity contribution < 1.29 is 0 Å². The van der Waals surface area contributed by atoms with Gasteiger partial charge in [-0.3, -0.25) is 4.79 Å². The normalized spacial score (nSPS) is 24.9. The lowest BCUT2D eigenvalue weighted by Gasteiger charge is -2.35. The molecule has 104 valence electrons. The molecule has 2 fully saturated rings. The molecule has 3 heterocycles. The van der Waals surface area contributed by atoms with Gasteiger partial charge in [0.25, 0.3) is 5.56 Å². The van der Waals surface area contributed by atoms with Crippen LogP contribution in [0.4, 0.5) is 5.82 Å². The summed E-state index contributed by atoms with van der Waals surface area (Å²) in [5.41, 5.74) is 0.0138. The van der Waals surface area contributed by atoms with E-state index in [1.807, 2.05) is 0 Å². The lowest BCUT2D eigenvalue weighted by atomic mass is 9.88. The maximum atomic E-state index is 12.1. The molecule has 0 amide bonds. The highest BCUT2D eigenvalue weighted by Gasteiger charge is 2.29. The van der Waals surface area contributed by atoms with Crippen molar-refractivity contribution in [3.8, 4) is 0 Å². The van der Waals surface area contributed by atoms with Crippen LogP contribution >= 0.6 is 0 Å². The molecule has 5 nitrogen and oxygen atoms in total. The minimum atomic E-state index is 0.0138. The minimum absolute atomic E-state index is 0.0138. The topological polar surface area (TPSA) is 50.2 Å². The molecule has 5 heteroatoms. The van der Waals surface area contributed by atoms with Gasteiger partial charge in [0, 0.05) is 38.6 Å². The van der Waals surface area contributed by atoms with Crippen LogP contribution in [0.15, 0.2) is 17.2 Å². The molecule has 0 aliphatic carbocycles. The predicted octanol–water partition coefficient (Wildman–Crippen LogP) is 0.749. The van der Waals surface area contributed by atoms with Crippen molar-refractivity contribution in [2.45, 2.75) is 31.7 Å². The molecule has 1 unspecified atom stereocenters. The van der Waals surface area contributed by atoms with E-state index in [4.69, 9.17) is 0 Å². The molecule has 0 aromatic carbocycles. The lowest BCUT2D eigenvalue weighted by molar-refractivity contribution is 0.318. The maximum Gasteiger partial charge on any atom is 0.293 e. The van der Waals surface area contributed by atoms with Gasteiger partial charge < -0.3 is 14.8 Å². The number of rotatable bonds is 2. The molecule has 1 aromatic rings. The highest BCUT2D eigenvalue weighted by atomic mass is 16.1. The molecule has 2 aliphatic rings. The molecule has 0 saturated carbocycles. The first kappa shape index (κ1) is 12.7. The van der Waals surface area contributed by atoms with Gasteiger partial charge in [-0.2, -0.15) is 0 Å². The molecule has 19 heavy (non-hydrogen) atoms. The van der Waals surface area contributed by atoms with E-state index in [9.17, 15) is 4.79 Å². The molecular formula is C14H22N4O. The second kappa shape index (κ2) is 5.33. The fraction of sp³-hybridized carbons (Fsp3) is 0.714. The first-order chi connectivity index (χ1) is 9.25. The van der Waals surface area contributed by atoms with Gasteiger partial charge in [0.15, 0.2) is 5.82 Å². The molecule has 1 atom stereocenters. The summed E-state index contributed by atoms with van der Waals surface area (Å²) in [4.78, 5) is 18.5. The van der Waals surface area contributed by atoms with E-state index >= 15 is 0 Å². The van der Waals surface area contributed by atoms with Crippen LogP contribution in [0.3, 0.4) is 0 Å². The van der Waals surface area contributed by atoms with Crippen LogP contribution in [0.25, 0.3) is 0 Å². The van der Waals surface area contributed by atoms with Gasteiger partial charge in [0.1, 0.15) is 0 Å². The van der Waals surface area contributed by atoms with E-state index < -0.39 is 0 Å². The van der Waals surface area contributed by atoms with Crippen molar-refractivity contribution >= 4 is 5.82 Å². The Labute approximate surface area is 113 Å². The van der Waals surface area contributed by atoms with Crippen molar-refractivity contribution in [1.29, 1.82) is 0 Å². The number of anilines is 1. The molecule has 1 aromatic heterocycles. The van der Waals surface area contributed by atoms with E-state index in [0.717, 1.165) is 31.8 Å². The maximum absolute atomic E-state index is 12.1. The van der Waals surface area contributed by atoms with Crippen LogP contribution in [-0.2, 0) is 7.05 Å². The van der Waals surface area contributed by atoms with Crippen LogP contribution in [0.2, 0.25) is 0 Å². The van der Waals surface area contributed by atoms with E-state index in [1.165, 1.54) is 19.4 Å². The van der Waals surface area contributed by atoms with Crippen molar-refractivity contribution in [2.24, 2.45) is 13.0 Å². The Balaban J connectivity index is 1.66. The molecule has 2 saturated heterocycles. The van der Waals surface area contributed by atoms with Crippen LogP contribution in [0.1, 0.15) is 25.7 Å². The number of nitrogens with one attached hydrogen (secondary N) is 1. The van der Waals surface area contributed by atoms with Gasteiger partial charge in [-0.15, -0.1) is 0 Å². The fourth-order valence-corrected chi connectivity index (χ4v) is 3.33. The van der Waals surface area contributed by atoms with Gasteiger partial charge >= 0.3 is 0 Å². The third-order valence-electron chi connectivity index (χ3n) is 4.51. The van der Waals surface area contributed by atoms with Gasteiger partial charge in [-0.25, -0.2) is 4.98 Å². The second-order valence-corrected chi connectivity index (χ2v) is 5.69. The van der Waals surface area contributed by atoms with Crippen molar-refractivity contribution in [3.63, 3.8) is 0 Å². The highest BCUT2D eigenvalue weighted by Crippen LogP contribution is 2.26. The zero-order valence-corrected chi connectivity index (χ0v) is 11.5. The predicted molar refractivity (Wildman–Crippen MR) is 75.4 cm³/mol.